The van der Waals surface area contributed by atoms with Crippen LogP contribution in [0, 0.1) is 0 Å². The van der Waals surface area contributed by atoms with E-state index in [1.54, 1.807) is 7.05 Å². The van der Waals surface area contributed by atoms with Gasteiger partial charge in [0.15, 0.2) is 0 Å². The maximum absolute atomic E-state index is 10.6. The molecule has 0 aliphatic rings. The van der Waals surface area contributed by atoms with Gasteiger partial charge in [0.25, 0.3) is 0 Å². The molecule has 114 valence electrons. The average Bonchev–Trinajstić information content (AvgIpc) is 2.94. The van der Waals surface area contributed by atoms with E-state index >= 15 is 0 Å². The van der Waals surface area contributed by atoms with Gasteiger partial charge in [-0.3, -0.25) is 0 Å². The van der Waals surface area contributed by atoms with E-state index < -0.39 is 12.2 Å². The molecule has 0 aliphatic carbocycles. The number of rotatable bonds is 5. The van der Waals surface area contributed by atoms with Crippen molar-refractivity contribution in [2.24, 2.45) is 0 Å². The van der Waals surface area contributed by atoms with Crippen molar-refractivity contribution in [2.75, 3.05) is 13.6 Å². The van der Waals surface area contributed by atoms with E-state index in [2.05, 4.69) is 10.3 Å². The largest absolute Gasteiger partial charge is 0.389 e. The monoisotopic (exact) mass is 296 g/mol. The fraction of sp³-hybridized carbons (Fsp3) is 0.222. The fourth-order valence-corrected chi connectivity index (χ4v) is 2.82. The Morgan fingerprint density at radius 3 is 2.41 bits per heavy atom. The Morgan fingerprint density at radius 1 is 1.00 bits per heavy atom. The lowest BCUT2D eigenvalue weighted by molar-refractivity contribution is 0.0214. The average molecular weight is 296 g/mol. The number of aromatic amines is 1. The van der Waals surface area contributed by atoms with E-state index in [9.17, 15) is 10.2 Å². The number of nitrogens with one attached hydrogen (secondary N) is 2. The van der Waals surface area contributed by atoms with Crippen LogP contribution in [-0.4, -0.2) is 34.9 Å². The molecule has 3 rings (SSSR count). The highest BCUT2D eigenvalue weighted by atomic mass is 16.3. The van der Waals surface area contributed by atoms with Crippen molar-refractivity contribution in [3.05, 3.63) is 60.2 Å². The molecule has 0 saturated carbocycles. The van der Waals surface area contributed by atoms with E-state index in [1.165, 1.54) is 0 Å². The van der Waals surface area contributed by atoms with Crippen molar-refractivity contribution >= 4 is 10.9 Å². The zero-order valence-corrected chi connectivity index (χ0v) is 12.5. The molecule has 1 aromatic heterocycles. The van der Waals surface area contributed by atoms with E-state index in [-0.39, 0.29) is 0 Å². The normalized spacial score (nSPS) is 14.1. The van der Waals surface area contributed by atoms with Crippen LogP contribution in [-0.2, 0) is 0 Å². The first kappa shape index (κ1) is 14.8. The second-order valence-electron chi connectivity index (χ2n) is 5.40. The second-order valence-corrected chi connectivity index (χ2v) is 5.40. The lowest BCUT2D eigenvalue weighted by Crippen LogP contribution is -2.29. The van der Waals surface area contributed by atoms with Gasteiger partial charge in [0.1, 0.15) is 6.10 Å². The Morgan fingerprint density at radius 2 is 1.68 bits per heavy atom. The maximum Gasteiger partial charge on any atom is 0.109 e. The Hall–Kier alpha value is -2.14. The van der Waals surface area contributed by atoms with Crippen LogP contribution >= 0.6 is 0 Å². The van der Waals surface area contributed by atoms with Gasteiger partial charge in [-0.05, 0) is 18.7 Å². The van der Waals surface area contributed by atoms with Gasteiger partial charge in [0.05, 0.1) is 11.8 Å². The summed E-state index contributed by atoms with van der Waals surface area (Å²) in [5, 5.41) is 24.7. The van der Waals surface area contributed by atoms with Crippen LogP contribution in [0.1, 0.15) is 11.7 Å². The van der Waals surface area contributed by atoms with Crippen LogP contribution in [0.5, 0.6) is 0 Å². The number of benzene rings is 2. The van der Waals surface area contributed by atoms with E-state index in [0.29, 0.717) is 6.54 Å². The molecule has 2 unspecified atom stereocenters. The summed E-state index contributed by atoms with van der Waals surface area (Å²) in [6.07, 6.45) is -1.83. The molecular formula is C18H20N2O2. The number of likely N-dealkylation sites (N-methyl/N-ethyl adjacent to an activating group) is 1. The molecule has 4 N–H and O–H groups in total. The van der Waals surface area contributed by atoms with Crippen molar-refractivity contribution in [3.63, 3.8) is 0 Å². The fourth-order valence-electron chi connectivity index (χ4n) is 2.82. The van der Waals surface area contributed by atoms with Crippen LogP contribution in [0.3, 0.4) is 0 Å². The summed E-state index contributed by atoms with van der Waals surface area (Å²) in [6.45, 7) is 0.328. The van der Waals surface area contributed by atoms with Gasteiger partial charge in [-0.15, -0.1) is 0 Å². The topological polar surface area (TPSA) is 68.3 Å². The van der Waals surface area contributed by atoms with Gasteiger partial charge >= 0.3 is 0 Å². The Labute approximate surface area is 129 Å². The maximum atomic E-state index is 10.6. The molecule has 22 heavy (non-hydrogen) atoms. The van der Waals surface area contributed by atoms with Crippen LogP contribution in [0.2, 0.25) is 0 Å². The predicted octanol–water partition coefficient (Wildman–Crippen LogP) is 2.45. The molecular weight excluding hydrogens is 276 g/mol. The lowest BCUT2D eigenvalue weighted by Gasteiger charge is -2.19. The summed E-state index contributed by atoms with van der Waals surface area (Å²) in [4.78, 5) is 3.37. The van der Waals surface area contributed by atoms with Crippen LogP contribution in [0.4, 0.5) is 0 Å². The SMILES string of the molecule is CNCC(O)C(O)c1c(-c2ccccc2)[nH]c2ccccc12. The van der Waals surface area contributed by atoms with Gasteiger partial charge in [-0.2, -0.15) is 0 Å². The molecule has 2 aromatic carbocycles. The Bertz CT molecular complexity index is 752. The molecule has 0 aliphatic heterocycles. The lowest BCUT2D eigenvalue weighted by atomic mass is 9.97. The first-order valence-corrected chi connectivity index (χ1v) is 7.39. The Kier molecular flexibility index (Phi) is 4.24. The number of fused-ring (bicyclic) bond motifs is 1. The highest BCUT2D eigenvalue weighted by Gasteiger charge is 2.25. The number of para-hydroxylation sites is 1. The van der Waals surface area contributed by atoms with Gasteiger partial charge in [-0.25, -0.2) is 0 Å². The number of aliphatic hydroxyl groups is 2. The molecule has 4 nitrogen and oxygen atoms in total. The summed E-state index contributed by atoms with van der Waals surface area (Å²) in [7, 11) is 1.75. The smallest absolute Gasteiger partial charge is 0.109 e. The van der Waals surface area contributed by atoms with E-state index in [4.69, 9.17) is 0 Å². The molecule has 0 amide bonds. The van der Waals surface area contributed by atoms with Gasteiger partial charge < -0.3 is 20.5 Å². The number of hydrogen-bond donors (Lipinski definition) is 4. The summed E-state index contributed by atoms with van der Waals surface area (Å²) in [6, 6.07) is 17.7. The quantitative estimate of drug-likeness (QED) is 0.584. The third-order valence-corrected chi connectivity index (χ3v) is 3.88. The summed E-state index contributed by atoms with van der Waals surface area (Å²) in [5.41, 5.74) is 3.53. The second kappa shape index (κ2) is 6.32. The first-order valence-electron chi connectivity index (χ1n) is 7.39. The molecule has 4 heteroatoms. The van der Waals surface area contributed by atoms with Gasteiger partial charge in [-0.1, -0.05) is 48.5 Å². The molecule has 0 bridgehead atoms. The zero-order chi connectivity index (χ0) is 15.5. The van der Waals surface area contributed by atoms with E-state index in [0.717, 1.165) is 27.7 Å². The number of aromatic nitrogens is 1. The Balaban J connectivity index is 2.17. The minimum atomic E-state index is -0.959. The van der Waals surface area contributed by atoms with Gasteiger partial charge in [0, 0.05) is 23.0 Å². The number of hydrogen-bond acceptors (Lipinski definition) is 3. The van der Waals surface area contributed by atoms with Crippen LogP contribution in [0.15, 0.2) is 54.6 Å². The van der Waals surface area contributed by atoms with E-state index in [1.807, 2.05) is 54.6 Å². The minimum absolute atomic E-state index is 0.328. The van der Waals surface area contributed by atoms with Crippen molar-refractivity contribution in [1.29, 1.82) is 0 Å². The molecule has 1 heterocycles. The third kappa shape index (κ3) is 2.64. The number of aliphatic hydroxyl groups excluding tert-OH is 2. The molecule has 0 saturated heterocycles. The van der Waals surface area contributed by atoms with Crippen molar-refractivity contribution < 1.29 is 10.2 Å². The number of H-pyrrole nitrogens is 1. The molecule has 3 aromatic rings. The molecule has 0 radical (unpaired) electrons. The van der Waals surface area contributed by atoms with Crippen molar-refractivity contribution in [2.45, 2.75) is 12.2 Å². The summed E-state index contributed by atoms with van der Waals surface area (Å²) in [5.74, 6) is 0. The minimum Gasteiger partial charge on any atom is -0.389 e. The highest BCUT2D eigenvalue weighted by molar-refractivity contribution is 5.91. The third-order valence-electron chi connectivity index (χ3n) is 3.88. The standard InChI is InChI=1S/C18H20N2O2/c1-19-11-15(21)18(22)16-13-9-5-6-10-14(13)20-17(16)12-7-3-2-4-8-12/h2-10,15,18-22H,11H2,1H3. The first-order chi connectivity index (χ1) is 10.7. The summed E-state index contributed by atoms with van der Waals surface area (Å²) >= 11 is 0. The van der Waals surface area contributed by atoms with Crippen LogP contribution < -0.4 is 5.32 Å². The van der Waals surface area contributed by atoms with Crippen molar-refractivity contribution in [1.82, 2.24) is 10.3 Å². The molecule has 2 atom stereocenters. The van der Waals surface area contributed by atoms with Crippen molar-refractivity contribution in [3.8, 4) is 11.3 Å². The highest BCUT2D eigenvalue weighted by Crippen LogP contribution is 2.35. The van der Waals surface area contributed by atoms with Gasteiger partial charge in [0.2, 0.25) is 0 Å². The zero-order valence-electron chi connectivity index (χ0n) is 12.5. The van der Waals surface area contributed by atoms with Crippen LogP contribution in [0.25, 0.3) is 22.2 Å². The molecule has 0 fully saturated rings. The predicted molar refractivity (Wildman–Crippen MR) is 88.6 cm³/mol. The molecule has 0 spiro atoms. The summed E-state index contributed by atoms with van der Waals surface area (Å²) < 4.78 is 0.